The van der Waals surface area contributed by atoms with Crippen molar-refractivity contribution in [1.82, 2.24) is 0 Å². The van der Waals surface area contributed by atoms with E-state index in [4.69, 9.17) is 24.3 Å². The average molecular weight is 1030 g/mol. The number of carbonyl (C=O) groups excluding carboxylic acids is 2. The first-order valence-corrected chi connectivity index (χ1v) is 31.4. The molecule has 72 heavy (non-hydrogen) atoms. The lowest BCUT2D eigenvalue weighted by Gasteiger charge is -2.19. The fourth-order valence-corrected chi connectivity index (χ4v) is 9.23. The van der Waals surface area contributed by atoms with Crippen LogP contribution in [0.1, 0.15) is 277 Å². The third-order valence-electron chi connectivity index (χ3n) is 12.9. The summed E-state index contributed by atoms with van der Waals surface area (Å²) in [6.07, 6.45) is 74.0. The van der Waals surface area contributed by atoms with Crippen molar-refractivity contribution in [2.24, 2.45) is 5.73 Å². The fraction of sp³-hybridized carbons (Fsp3) is 0.774. The van der Waals surface area contributed by atoms with E-state index in [-0.39, 0.29) is 38.6 Å². The summed E-state index contributed by atoms with van der Waals surface area (Å²) >= 11 is 0. The number of rotatable bonds is 56. The number of phosphoric acid groups is 1. The van der Waals surface area contributed by atoms with Gasteiger partial charge in [-0.3, -0.25) is 18.6 Å². The standard InChI is InChI=1S/C62H112NO8P/c1-3-5-7-9-11-13-15-17-19-21-23-25-27-28-29-30-31-33-34-36-38-40-42-44-46-48-50-52-54-61(64)68-58-60(59-70-72(66,67)69-57-56-63)71-62(65)55-53-51-49-47-45-43-41-39-37-35-32-26-24-22-20-18-16-14-12-10-8-6-4-2/h6,8,12,14,18,20,24,26,35,37,41,43,60H,3-5,7,9-11,13,15-17,19,21-23,25,27-34,36,38-40,42,44-59,63H2,1-2H3,(H,66,67)/b8-6-,14-12-,20-18-,26-24-,37-35-,43-41-. The number of nitrogens with two attached hydrogens (primary N) is 1. The van der Waals surface area contributed by atoms with Gasteiger partial charge in [0, 0.05) is 19.4 Å². The highest BCUT2D eigenvalue weighted by atomic mass is 31.2. The van der Waals surface area contributed by atoms with Gasteiger partial charge in [-0.05, 0) is 64.2 Å². The molecule has 0 aromatic carbocycles. The van der Waals surface area contributed by atoms with Crippen molar-refractivity contribution in [3.63, 3.8) is 0 Å². The van der Waals surface area contributed by atoms with E-state index in [2.05, 4.69) is 86.8 Å². The highest BCUT2D eigenvalue weighted by molar-refractivity contribution is 7.47. The minimum absolute atomic E-state index is 0.0466. The summed E-state index contributed by atoms with van der Waals surface area (Å²) in [5.41, 5.74) is 5.38. The van der Waals surface area contributed by atoms with E-state index in [0.29, 0.717) is 6.42 Å². The van der Waals surface area contributed by atoms with Gasteiger partial charge in [0.2, 0.25) is 0 Å². The van der Waals surface area contributed by atoms with E-state index >= 15 is 0 Å². The fourth-order valence-electron chi connectivity index (χ4n) is 8.47. The maximum absolute atomic E-state index is 12.7. The molecule has 0 amide bonds. The number of hydrogen-bond donors (Lipinski definition) is 2. The van der Waals surface area contributed by atoms with Gasteiger partial charge in [0.1, 0.15) is 6.61 Å². The highest BCUT2D eigenvalue weighted by Crippen LogP contribution is 2.43. The Bertz CT molecular complexity index is 1410. The zero-order valence-corrected chi connectivity index (χ0v) is 47.5. The van der Waals surface area contributed by atoms with Gasteiger partial charge in [-0.2, -0.15) is 0 Å². The van der Waals surface area contributed by atoms with Gasteiger partial charge in [0.05, 0.1) is 13.2 Å². The normalized spacial score (nSPS) is 13.6. The topological polar surface area (TPSA) is 134 Å². The van der Waals surface area contributed by atoms with Crippen LogP contribution in [0.4, 0.5) is 0 Å². The van der Waals surface area contributed by atoms with Crippen LogP contribution in [0.2, 0.25) is 0 Å². The zero-order chi connectivity index (χ0) is 52.4. The Hall–Kier alpha value is -2.55. The molecule has 9 nitrogen and oxygen atoms in total. The van der Waals surface area contributed by atoms with Crippen LogP contribution >= 0.6 is 7.82 Å². The lowest BCUT2D eigenvalue weighted by atomic mass is 10.0. The second-order valence-corrected chi connectivity index (χ2v) is 21.3. The SMILES string of the molecule is CC/C=C\C/C=C\C/C=C\C/C=C\C/C=C\C/C=C\CCCCCCC(=O)OC(COC(=O)CCCCCCCCCCCCCCCCCCCCCCCCCCCCCC)COP(=O)(O)OCCN. The largest absolute Gasteiger partial charge is 0.472 e. The Kier molecular flexibility index (Phi) is 55.7. The van der Waals surface area contributed by atoms with E-state index < -0.39 is 26.5 Å². The number of unbranched alkanes of at least 4 members (excludes halogenated alkanes) is 31. The summed E-state index contributed by atoms with van der Waals surface area (Å²) in [6, 6.07) is 0. The van der Waals surface area contributed by atoms with Gasteiger partial charge in [-0.1, -0.05) is 273 Å². The lowest BCUT2D eigenvalue weighted by Crippen LogP contribution is -2.29. The molecule has 0 heterocycles. The molecule has 0 aliphatic heterocycles. The van der Waals surface area contributed by atoms with Crippen molar-refractivity contribution in [3.05, 3.63) is 72.9 Å². The van der Waals surface area contributed by atoms with Crippen molar-refractivity contribution in [3.8, 4) is 0 Å². The third kappa shape index (κ3) is 56.7. The molecule has 0 saturated heterocycles. The highest BCUT2D eigenvalue weighted by Gasteiger charge is 2.26. The van der Waals surface area contributed by atoms with Crippen LogP contribution in [-0.4, -0.2) is 49.3 Å². The molecule has 0 radical (unpaired) electrons. The quantitative estimate of drug-likeness (QED) is 0.0264. The third-order valence-corrected chi connectivity index (χ3v) is 13.8. The average Bonchev–Trinajstić information content (AvgIpc) is 3.37. The van der Waals surface area contributed by atoms with E-state index in [1.165, 1.54) is 161 Å². The van der Waals surface area contributed by atoms with Crippen molar-refractivity contribution < 1.29 is 37.6 Å². The number of hydrogen-bond acceptors (Lipinski definition) is 8. The summed E-state index contributed by atoms with van der Waals surface area (Å²) in [5.74, 6) is -0.850. The molecule has 0 aliphatic rings. The molecule has 0 rings (SSSR count). The van der Waals surface area contributed by atoms with Gasteiger partial charge in [-0.15, -0.1) is 0 Å². The van der Waals surface area contributed by atoms with Crippen LogP contribution in [0.5, 0.6) is 0 Å². The molecule has 418 valence electrons. The van der Waals surface area contributed by atoms with Crippen LogP contribution in [0, 0.1) is 0 Å². The summed E-state index contributed by atoms with van der Waals surface area (Å²) in [6.45, 7) is 3.63. The molecule has 0 saturated carbocycles. The monoisotopic (exact) mass is 1030 g/mol. The van der Waals surface area contributed by atoms with Gasteiger partial charge in [0.25, 0.3) is 0 Å². The summed E-state index contributed by atoms with van der Waals surface area (Å²) < 4.78 is 33.0. The van der Waals surface area contributed by atoms with E-state index in [1.807, 2.05) is 0 Å². The maximum atomic E-state index is 12.7. The zero-order valence-electron chi connectivity index (χ0n) is 46.7. The number of carbonyl (C=O) groups is 2. The van der Waals surface area contributed by atoms with Gasteiger partial charge < -0.3 is 20.1 Å². The summed E-state index contributed by atoms with van der Waals surface area (Å²) in [7, 11) is -4.40. The Morgan fingerprint density at radius 2 is 0.764 bits per heavy atom. The van der Waals surface area contributed by atoms with Crippen LogP contribution in [0.25, 0.3) is 0 Å². The molecule has 10 heteroatoms. The predicted octanol–water partition coefficient (Wildman–Crippen LogP) is 18.9. The Morgan fingerprint density at radius 3 is 1.14 bits per heavy atom. The molecule has 0 aromatic rings. The van der Waals surface area contributed by atoms with Gasteiger partial charge in [-0.25, -0.2) is 4.57 Å². The number of esters is 2. The lowest BCUT2D eigenvalue weighted by molar-refractivity contribution is -0.161. The molecule has 2 atom stereocenters. The number of phosphoric ester groups is 1. The van der Waals surface area contributed by atoms with E-state index in [0.717, 1.165) is 83.5 Å². The molecule has 0 aliphatic carbocycles. The summed E-state index contributed by atoms with van der Waals surface area (Å²) in [5, 5.41) is 0. The minimum atomic E-state index is -4.40. The molecular weight excluding hydrogens is 918 g/mol. The number of ether oxygens (including phenoxy) is 2. The van der Waals surface area contributed by atoms with Gasteiger partial charge >= 0.3 is 19.8 Å². The molecule has 0 fully saturated rings. The van der Waals surface area contributed by atoms with Crippen LogP contribution < -0.4 is 5.73 Å². The molecule has 3 N–H and O–H groups in total. The Morgan fingerprint density at radius 1 is 0.431 bits per heavy atom. The van der Waals surface area contributed by atoms with Crippen molar-refractivity contribution in [2.45, 2.75) is 283 Å². The smallest absolute Gasteiger partial charge is 0.462 e. The van der Waals surface area contributed by atoms with Crippen molar-refractivity contribution in [2.75, 3.05) is 26.4 Å². The molecule has 0 aromatic heterocycles. The molecular formula is C62H112NO8P. The Balaban J connectivity index is 3.97. The maximum Gasteiger partial charge on any atom is 0.472 e. The van der Waals surface area contributed by atoms with E-state index in [9.17, 15) is 19.0 Å². The Labute approximate surface area is 443 Å². The molecule has 0 spiro atoms. The van der Waals surface area contributed by atoms with Crippen LogP contribution in [-0.2, 0) is 32.7 Å². The second kappa shape index (κ2) is 57.7. The first kappa shape index (κ1) is 69.5. The molecule has 2 unspecified atom stereocenters. The van der Waals surface area contributed by atoms with Crippen molar-refractivity contribution >= 4 is 19.8 Å². The van der Waals surface area contributed by atoms with Crippen LogP contribution in [0.15, 0.2) is 72.9 Å². The van der Waals surface area contributed by atoms with Crippen LogP contribution in [0.3, 0.4) is 0 Å². The first-order valence-electron chi connectivity index (χ1n) is 29.9. The number of allylic oxidation sites excluding steroid dienone is 12. The van der Waals surface area contributed by atoms with Gasteiger partial charge in [0.15, 0.2) is 6.10 Å². The predicted molar refractivity (Wildman–Crippen MR) is 307 cm³/mol. The summed E-state index contributed by atoms with van der Waals surface area (Å²) in [4.78, 5) is 35.2. The van der Waals surface area contributed by atoms with Crippen molar-refractivity contribution in [1.29, 1.82) is 0 Å². The van der Waals surface area contributed by atoms with E-state index in [1.54, 1.807) is 0 Å². The molecule has 0 bridgehead atoms. The minimum Gasteiger partial charge on any atom is -0.462 e. The first-order chi connectivity index (χ1) is 35.3. The second-order valence-electron chi connectivity index (χ2n) is 19.8.